The van der Waals surface area contributed by atoms with Crippen LogP contribution >= 0.6 is 38.5 Å². The predicted molar refractivity (Wildman–Crippen MR) is 93.8 cm³/mol. The van der Waals surface area contributed by atoms with Gasteiger partial charge in [-0.25, -0.2) is 0 Å². The number of allylic oxidation sites excluding steroid dienone is 2. The van der Waals surface area contributed by atoms with Gasteiger partial charge in [-0.2, -0.15) is 0 Å². The number of hydrogen-bond acceptors (Lipinski definition) is 3. The molecule has 2 unspecified atom stereocenters. The van der Waals surface area contributed by atoms with Crippen LogP contribution < -0.4 is 5.32 Å². The molecule has 0 bridgehead atoms. The number of ketones is 1. The van der Waals surface area contributed by atoms with E-state index in [4.69, 9.17) is 0 Å². The average Bonchev–Trinajstić information content (AvgIpc) is 2.41. The zero-order chi connectivity index (χ0) is 16.5. The number of nitrogens with one attached hydrogen (secondary N) is 1. The molecule has 0 saturated heterocycles. The molecule has 2 N–H and O–H groups in total. The zero-order valence-electron chi connectivity index (χ0n) is 12.1. The number of alkyl halides is 1. The Balaban J connectivity index is 2.11. The van der Waals surface area contributed by atoms with Gasteiger partial charge < -0.3 is 10.4 Å². The highest BCUT2D eigenvalue weighted by atomic mass is 127. The van der Waals surface area contributed by atoms with Crippen LogP contribution in [0.1, 0.15) is 32.6 Å². The van der Waals surface area contributed by atoms with Crippen molar-refractivity contribution in [1.82, 2.24) is 5.32 Å². The number of rotatable bonds is 3. The van der Waals surface area contributed by atoms with Crippen LogP contribution in [0.2, 0.25) is 0 Å². The van der Waals surface area contributed by atoms with Crippen molar-refractivity contribution in [2.24, 2.45) is 11.8 Å². The first kappa shape index (κ1) is 17.7. The third-order valence-electron chi connectivity index (χ3n) is 4.05. The highest BCUT2D eigenvalue weighted by Crippen LogP contribution is 2.39. The van der Waals surface area contributed by atoms with Crippen LogP contribution in [0.15, 0.2) is 21.4 Å². The maximum absolute atomic E-state index is 12.3. The molecule has 2 atom stereocenters. The van der Waals surface area contributed by atoms with E-state index in [2.05, 4.69) is 43.8 Å². The van der Waals surface area contributed by atoms with Crippen molar-refractivity contribution in [2.75, 3.05) is 0 Å². The number of carbonyl (C=O) groups is 3. The molecule has 0 aromatic carbocycles. The Labute approximate surface area is 150 Å². The number of amides is 1. The van der Waals surface area contributed by atoms with Crippen LogP contribution in [0, 0.1) is 11.8 Å². The van der Waals surface area contributed by atoms with Crippen LogP contribution in [0.4, 0.5) is 0 Å². The molecule has 0 aromatic heterocycles. The van der Waals surface area contributed by atoms with Gasteiger partial charge in [0.05, 0.1) is 15.9 Å². The van der Waals surface area contributed by atoms with Crippen LogP contribution in [-0.4, -0.2) is 27.1 Å². The molecule has 0 aliphatic heterocycles. The Kier molecular flexibility index (Phi) is 5.47. The SMILES string of the molecule is CC1(Br)C=C(I)C(NC(=O)C2CCC(=O)CC2)=CC1C(=O)O. The number of carbonyl (C=O) groups excluding carboxylic acids is 2. The molecule has 2 aliphatic carbocycles. The highest BCUT2D eigenvalue weighted by molar-refractivity contribution is 14.1. The maximum atomic E-state index is 12.3. The van der Waals surface area contributed by atoms with Gasteiger partial charge in [0.25, 0.3) is 0 Å². The number of carboxylic acids is 1. The summed E-state index contributed by atoms with van der Waals surface area (Å²) in [6.45, 7) is 1.78. The molecule has 0 spiro atoms. The number of carboxylic acid groups (broad SMARTS) is 1. The molecule has 0 radical (unpaired) electrons. The summed E-state index contributed by atoms with van der Waals surface area (Å²) in [6, 6.07) is 0. The summed E-state index contributed by atoms with van der Waals surface area (Å²) in [5, 5.41) is 12.2. The Morgan fingerprint density at radius 2 is 2.00 bits per heavy atom. The van der Waals surface area contributed by atoms with E-state index in [9.17, 15) is 19.5 Å². The molecule has 120 valence electrons. The molecule has 22 heavy (non-hydrogen) atoms. The van der Waals surface area contributed by atoms with Crippen molar-refractivity contribution in [1.29, 1.82) is 0 Å². The normalized spacial score (nSPS) is 29.6. The standard InChI is InChI=1S/C15H17BrINO4/c1-15(16)7-11(17)12(6-10(15)14(21)22)18-13(20)8-2-4-9(19)5-3-8/h6-8,10H,2-5H2,1H3,(H,18,20)(H,21,22). The van der Waals surface area contributed by atoms with Gasteiger partial charge in [0, 0.05) is 22.3 Å². The fourth-order valence-corrected chi connectivity index (χ4v) is 4.62. The first-order valence-corrected chi connectivity index (χ1v) is 8.92. The molecule has 2 rings (SSSR count). The zero-order valence-corrected chi connectivity index (χ0v) is 15.8. The maximum Gasteiger partial charge on any atom is 0.312 e. The van der Waals surface area contributed by atoms with Crippen molar-refractivity contribution in [3.05, 3.63) is 21.4 Å². The predicted octanol–water partition coefficient (Wildman–Crippen LogP) is 2.93. The van der Waals surface area contributed by atoms with Gasteiger partial charge >= 0.3 is 5.97 Å². The van der Waals surface area contributed by atoms with E-state index < -0.39 is 16.2 Å². The third kappa shape index (κ3) is 3.98. The van der Waals surface area contributed by atoms with E-state index in [-0.39, 0.29) is 17.6 Å². The average molecular weight is 482 g/mol. The largest absolute Gasteiger partial charge is 0.481 e. The summed E-state index contributed by atoms with van der Waals surface area (Å²) in [7, 11) is 0. The molecular formula is C15H17BrINO4. The molecule has 1 fully saturated rings. The lowest BCUT2D eigenvalue weighted by Gasteiger charge is -2.30. The number of hydrogen-bond donors (Lipinski definition) is 2. The Morgan fingerprint density at radius 1 is 1.41 bits per heavy atom. The van der Waals surface area contributed by atoms with Crippen molar-refractivity contribution in [3.63, 3.8) is 0 Å². The lowest BCUT2D eigenvalue weighted by atomic mass is 9.86. The van der Waals surface area contributed by atoms with Gasteiger partial charge in [-0.1, -0.05) is 22.0 Å². The summed E-state index contributed by atoms with van der Waals surface area (Å²) in [6.07, 6.45) is 5.40. The van der Waals surface area contributed by atoms with E-state index in [0.717, 1.165) is 3.58 Å². The van der Waals surface area contributed by atoms with Gasteiger partial charge in [0.15, 0.2) is 0 Å². The summed E-state index contributed by atoms with van der Waals surface area (Å²) in [5.74, 6) is -1.81. The van der Waals surface area contributed by atoms with E-state index in [1.807, 2.05) is 0 Å². The van der Waals surface area contributed by atoms with Gasteiger partial charge in [-0.15, -0.1) is 0 Å². The number of aliphatic carboxylic acids is 1. The smallest absolute Gasteiger partial charge is 0.312 e. The third-order valence-corrected chi connectivity index (χ3v) is 5.66. The number of Topliss-reactive ketones (excluding diaryl/α,β-unsaturated/α-hetero) is 1. The second-order valence-electron chi connectivity index (χ2n) is 5.84. The highest BCUT2D eigenvalue weighted by Gasteiger charge is 2.38. The fourth-order valence-electron chi connectivity index (χ4n) is 2.68. The van der Waals surface area contributed by atoms with Crippen molar-refractivity contribution >= 4 is 56.2 Å². The van der Waals surface area contributed by atoms with Crippen LogP contribution in [0.25, 0.3) is 0 Å². The van der Waals surface area contributed by atoms with Crippen molar-refractivity contribution < 1.29 is 19.5 Å². The van der Waals surface area contributed by atoms with Gasteiger partial charge in [0.2, 0.25) is 5.91 Å². The summed E-state index contributed by atoms with van der Waals surface area (Å²) >= 11 is 5.51. The van der Waals surface area contributed by atoms with E-state index in [1.54, 1.807) is 19.1 Å². The van der Waals surface area contributed by atoms with Crippen LogP contribution in [0.3, 0.4) is 0 Å². The Hall–Kier alpha value is -0.700. The van der Waals surface area contributed by atoms with Gasteiger partial charge in [-0.3, -0.25) is 14.4 Å². The Morgan fingerprint density at radius 3 is 2.55 bits per heavy atom. The van der Waals surface area contributed by atoms with Gasteiger partial charge in [0.1, 0.15) is 5.78 Å². The van der Waals surface area contributed by atoms with Crippen molar-refractivity contribution in [3.8, 4) is 0 Å². The first-order valence-electron chi connectivity index (χ1n) is 7.05. The van der Waals surface area contributed by atoms with Crippen LogP contribution in [-0.2, 0) is 14.4 Å². The van der Waals surface area contributed by atoms with Crippen LogP contribution in [0.5, 0.6) is 0 Å². The molecule has 0 aromatic rings. The van der Waals surface area contributed by atoms with Gasteiger partial charge in [-0.05, 0) is 48.4 Å². The molecular weight excluding hydrogens is 465 g/mol. The van der Waals surface area contributed by atoms with Crippen molar-refractivity contribution in [2.45, 2.75) is 36.9 Å². The fraction of sp³-hybridized carbons (Fsp3) is 0.533. The molecule has 7 heteroatoms. The molecule has 1 saturated carbocycles. The first-order chi connectivity index (χ1) is 10.2. The lowest BCUT2D eigenvalue weighted by Crippen LogP contribution is -2.38. The molecule has 2 aliphatic rings. The topological polar surface area (TPSA) is 83.5 Å². The molecule has 0 heterocycles. The summed E-state index contributed by atoms with van der Waals surface area (Å²) in [4.78, 5) is 34.9. The molecule has 1 amide bonds. The van der Waals surface area contributed by atoms with E-state index in [0.29, 0.717) is 31.4 Å². The summed E-state index contributed by atoms with van der Waals surface area (Å²) < 4.78 is 0.121. The lowest BCUT2D eigenvalue weighted by molar-refractivity contribution is -0.140. The monoisotopic (exact) mass is 481 g/mol. The summed E-state index contributed by atoms with van der Waals surface area (Å²) in [5.41, 5.74) is 0.534. The van der Waals surface area contributed by atoms with E-state index >= 15 is 0 Å². The quantitative estimate of drug-likeness (QED) is 0.479. The minimum atomic E-state index is -0.950. The minimum Gasteiger partial charge on any atom is -0.481 e. The molecule has 5 nitrogen and oxygen atoms in total. The minimum absolute atomic E-state index is 0.136. The Bertz CT molecular complexity index is 572. The number of halogens is 2. The second-order valence-corrected chi connectivity index (χ2v) is 8.71. The van der Waals surface area contributed by atoms with E-state index in [1.165, 1.54) is 0 Å². The second kappa shape index (κ2) is 6.82.